The molecule has 1 N–H and O–H groups in total. The molecule has 0 bridgehead atoms. The largest absolute Gasteiger partial charge is 0.280 e. The molecule has 0 aliphatic heterocycles. The van der Waals surface area contributed by atoms with Crippen molar-refractivity contribution in [3.63, 3.8) is 0 Å². The Morgan fingerprint density at radius 1 is 1.04 bits per heavy atom. The lowest BCUT2D eigenvalue weighted by atomic mass is 10.1. The van der Waals surface area contributed by atoms with E-state index >= 15 is 0 Å². The molecule has 0 aliphatic carbocycles. The van der Waals surface area contributed by atoms with Crippen molar-refractivity contribution >= 4 is 31.4 Å². The second-order valence-corrected chi connectivity index (χ2v) is 9.87. The number of nitrogens with zero attached hydrogens (tertiary/aromatic N) is 2. The lowest BCUT2D eigenvalue weighted by molar-refractivity contribution is -0.385. The van der Waals surface area contributed by atoms with Gasteiger partial charge in [-0.2, -0.15) is 0 Å². The van der Waals surface area contributed by atoms with Gasteiger partial charge in [-0.25, -0.2) is 21.1 Å². The standard InChI is InChI=1S/C16H19N3O6S2/c1-11-8-14(19(20)21)10-16(12(11)2)26(22,23)17-13-6-5-7-15(9-13)27(24,25)18(3)4/h5-10,17H,1-4H3. The fraction of sp³-hybridized carbons (Fsp3) is 0.250. The van der Waals surface area contributed by atoms with E-state index in [1.807, 2.05) is 0 Å². The van der Waals surface area contributed by atoms with Crippen molar-refractivity contribution in [2.45, 2.75) is 23.6 Å². The topological polar surface area (TPSA) is 127 Å². The van der Waals surface area contributed by atoms with E-state index in [1.165, 1.54) is 44.4 Å². The second kappa shape index (κ2) is 7.25. The number of nitrogens with one attached hydrogen (secondary N) is 1. The molecular weight excluding hydrogens is 394 g/mol. The molecule has 0 atom stereocenters. The van der Waals surface area contributed by atoms with Crippen molar-refractivity contribution in [2.75, 3.05) is 18.8 Å². The van der Waals surface area contributed by atoms with Crippen LogP contribution >= 0.6 is 0 Å². The maximum absolute atomic E-state index is 12.8. The van der Waals surface area contributed by atoms with E-state index in [2.05, 4.69) is 4.72 Å². The predicted molar refractivity (Wildman–Crippen MR) is 101 cm³/mol. The Morgan fingerprint density at radius 2 is 1.67 bits per heavy atom. The van der Waals surface area contributed by atoms with Crippen LogP contribution in [0.2, 0.25) is 0 Å². The number of sulfonamides is 2. The molecule has 2 aromatic carbocycles. The van der Waals surface area contributed by atoms with E-state index in [9.17, 15) is 26.9 Å². The van der Waals surface area contributed by atoms with E-state index in [1.54, 1.807) is 13.8 Å². The van der Waals surface area contributed by atoms with Gasteiger partial charge in [-0.1, -0.05) is 6.07 Å². The summed E-state index contributed by atoms with van der Waals surface area (Å²) in [6.07, 6.45) is 0. The van der Waals surface area contributed by atoms with Crippen LogP contribution in [0.1, 0.15) is 11.1 Å². The molecule has 2 aromatic rings. The highest BCUT2D eigenvalue weighted by atomic mass is 32.2. The molecule has 146 valence electrons. The van der Waals surface area contributed by atoms with E-state index in [4.69, 9.17) is 0 Å². The summed E-state index contributed by atoms with van der Waals surface area (Å²) in [5.74, 6) is 0. The van der Waals surface area contributed by atoms with Crippen LogP contribution in [-0.4, -0.2) is 40.2 Å². The maximum Gasteiger partial charge on any atom is 0.271 e. The van der Waals surface area contributed by atoms with Crippen LogP contribution in [0.4, 0.5) is 11.4 Å². The maximum atomic E-state index is 12.8. The summed E-state index contributed by atoms with van der Waals surface area (Å²) in [6, 6.07) is 7.59. The number of benzene rings is 2. The molecule has 2 rings (SSSR count). The zero-order valence-electron chi connectivity index (χ0n) is 15.1. The fourth-order valence-electron chi connectivity index (χ4n) is 2.33. The van der Waals surface area contributed by atoms with Gasteiger partial charge in [0.25, 0.3) is 15.7 Å². The molecule has 0 fully saturated rings. The molecule has 0 spiro atoms. The molecule has 0 aromatic heterocycles. The van der Waals surface area contributed by atoms with Gasteiger partial charge in [0.15, 0.2) is 0 Å². The van der Waals surface area contributed by atoms with Gasteiger partial charge in [0.2, 0.25) is 10.0 Å². The van der Waals surface area contributed by atoms with Crippen LogP contribution in [0.25, 0.3) is 0 Å². The number of hydrogen-bond donors (Lipinski definition) is 1. The van der Waals surface area contributed by atoms with Crippen LogP contribution in [0.3, 0.4) is 0 Å². The summed E-state index contributed by atoms with van der Waals surface area (Å²) in [4.78, 5) is 10.0. The predicted octanol–water partition coefficient (Wildman–Crippen LogP) is 2.26. The van der Waals surface area contributed by atoms with Crippen molar-refractivity contribution in [1.82, 2.24) is 4.31 Å². The number of non-ortho nitro benzene ring substituents is 1. The summed E-state index contributed by atoms with van der Waals surface area (Å²) in [5.41, 5.74) is 0.502. The minimum Gasteiger partial charge on any atom is -0.280 e. The monoisotopic (exact) mass is 413 g/mol. The normalized spacial score (nSPS) is 12.2. The number of rotatable bonds is 6. The van der Waals surface area contributed by atoms with Crippen LogP contribution in [0.15, 0.2) is 46.2 Å². The van der Waals surface area contributed by atoms with Crippen LogP contribution in [-0.2, 0) is 20.0 Å². The summed E-state index contributed by atoms with van der Waals surface area (Å²) < 4.78 is 53.2. The first-order valence-corrected chi connectivity index (χ1v) is 10.6. The van der Waals surface area contributed by atoms with Crippen molar-refractivity contribution in [3.8, 4) is 0 Å². The van der Waals surface area contributed by atoms with Crippen LogP contribution < -0.4 is 4.72 Å². The van der Waals surface area contributed by atoms with Crippen molar-refractivity contribution in [2.24, 2.45) is 0 Å². The quantitative estimate of drug-likeness (QED) is 0.572. The van der Waals surface area contributed by atoms with Gasteiger partial charge in [-0.05, 0) is 43.2 Å². The summed E-state index contributed by atoms with van der Waals surface area (Å²) in [7, 11) is -5.19. The van der Waals surface area contributed by atoms with Gasteiger partial charge in [0, 0.05) is 26.2 Å². The third kappa shape index (κ3) is 4.26. The number of hydrogen-bond acceptors (Lipinski definition) is 6. The zero-order valence-corrected chi connectivity index (χ0v) is 16.8. The number of anilines is 1. The smallest absolute Gasteiger partial charge is 0.271 e. The van der Waals surface area contributed by atoms with Crippen molar-refractivity contribution < 1.29 is 21.8 Å². The molecule has 0 aliphatic rings. The molecule has 11 heteroatoms. The van der Waals surface area contributed by atoms with E-state index < -0.39 is 25.0 Å². The zero-order chi connectivity index (χ0) is 20.6. The van der Waals surface area contributed by atoms with Crippen molar-refractivity contribution in [1.29, 1.82) is 0 Å². The summed E-state index contributed by atoms with van der Waals surface area (Å²) >= 11 is 0. The summed E-state index contributed by atoms with van der Waals surface area (Å²) in [6.45, 7) is 3.12. The highest BCUT2D eigenvalue weighted by Crippen LogP contribution is 2.27. The fourth-order valence-corrected chi connectivity index (χ4v) is 4.67. The molecule has 0 amide bonds. The summed E-state index contributed by atoms with van der Waals surface area (Å²) in [5, 5.41) is 11.0. The molecule has 0 saturated carbocycles. The highest BCUT2D eigenvalue weighted by Gasteiger charge is 2.23. The Hall–Kier alpha value is -2.50. The first-order valence-electron chi connectivity index (χ1n) is 7.67. The Bertz CT molecular complexity index is 1110. The lowest BCUT2D eigenvalue weighted by Crippen LogP contribution is -2.22. The van der Waals surface area contributed by atoms with Gasteiger partial charge in [0.05, 0.1) is 20.4 Å². The van der Waals surface area contributed by atoms with E-state index in [0.717, 1.165) is 10.4 Å². The van der Waals surface area contributed by atoms with Gasteiger partial charge >= 0.3 is 0 Å². The lowest BCUT2D eigenvalue weighted by Gasteiger charge is -2.14. The average molecular weight is 413 g/mol. The van der Waals surface area contributed by atoms with Crippen molar-refractivity contribution in [3.05, 3.63) is 57.6 Å². The number of nitro benzene ring substituents is 1. The molecule has 9 nitrogen and oxygen atoms in total. The SMILES string of the molecule is Cc1cc([N+](=O)[O-])cc(S(=O)(=O)Nc2cccc(S(=O)(=O)N(C)C)c2)c1C. The Labute approximate surface area is 157 Å². The highest BCUT2D eigenvalue weighted by molar-refractivity contribution is 7.92. The van der Waals surface area contributed by atoms with Crippen LogP contribution in [0, 0.1) is 24.0 Å². The van der Waals surface area contributed by atoms with E-state index in [-0.39, 0.29) is 21.2 Å². The number of aryl methyl sites for hydroxylation is 1. The molecule has 0 saturated heterocycles. The Morgan fingerprint density at radius 3 is 2.22 bits per heavy atom. The Balaban J connectivity index is 2.51. The number of nitro groups is 1. The van der Waals surface area contributed by atoms with Gasteiger partial charge in [0.1, 0.15) is 0 Å². The molecule has 0 radical (unpaired) electrons. The van der Waals surface area contributed by atoms with Gasteiger partial charge < -0.3 is 0 Å². The first kappa shape index (κ1) is 20.8. The molecular formula is C16H19N3O6S2. The molecule has 27 heavy (non-hydrogen) atoms. The van der Waals surface area contributed by atoms with E-state index in [0.29, 0.717) is 11.1 Å². The van der Waals surface area contributed by atoms with Gasteiger partial charge in [-0.15, -0.1) is 0 Å². The Kier molecular flexibility index (Phi) is 5.59. The molecule has 0 heterocycles. The minimum atomic E-state index is -4.17. The molecule has 0 unspecified atom stereocenters. The average Bonchev–Trinajstić information content (AvgIpc) is 2.56. The third-order valence-electron chi connectivity index (χ3n) is 3.97. The van der Waals surface area contributed by atoms with Crippen LogP contribution in [0.5, 0.6) is 0 Å². The third-order valence-corrected chi connectivity index (χ3v) is 7.29. The first-order chi connectivity index (χ1) is 12.4. The van der Waals surface area contributed by atoms with Gasteiger partial charge in [-0.3, -0.25) is 14.8 Å². The second-order valence-electron chi connectivity index (χ2n) is 6.06. The minimum absolute atomic E-state index is 0.0292.